The molecule has 0 atom stereocenters. The fourth-order valence-electron chi connectivity index (χ4n) is 2.59. The molecule has 1 aromatic carbocycles. The van der Waals surface area contributed by atoms with E-state index in [4.69, 9.17) is 0 Å². The van der Waals surface area contributed by atoms with Gasteiger partial charge in [-0.15, -0.1) is 0 Å². The number of aromatic amines is 2. The number of nitrogens with zero attached hydrogens (tertiary/aromatic N) is 2. The average molecular weight is 260 g/mol. The number of hydrogen-bond acceptors (Lipinski definition) is 3. The second-order valence-electron chi connectivity index (χ2n) is 4.73. The summed E-state index contributed by atoms with van der Waals surface area (Å²) < 4.78 is 1.14. The van der Waals surface area contributed by atoms with Crippen LogP contribution in [-0.4, -0.2) is 27.9 Å². The van der Waals surface area contributed by atoms with E-state index in [1.807, 2.05) is 18.2 Å². The normalized spacial score (nSPS) is 15.7. The summed E-state index contributed by atoms with van der Waals surface area (Å²) in [5.41, 5.74) is 0.704. The largest absolute Gasteiger partial charge is 0.370 e. The highest BCUT2D eigenvalue weighted by Crippen LogP contribution is 2.25. The molecule has 0 radical (unpaired) electrons. The molecule has 0 amide bonds. The molecule has 6 heteroatoms. The second-order valence-corrected chi connectivity index (χ2v) is 4.73. The van der Waals surface area contributed by atoms with Crippen molar-refractivity contribution in [1.82, 2.24) is 14.8 Å². The highest BCUT2D eigenvalue weighted by Gasteiger charge is 2.17. The number of piperidine rings is 1. The minimum atomic E-state index is -0.436. The van der Waals surface area contributed by atoms with Crippen molar-refractivity contribution in [3.63, 3.8) is 0 Å². The molecule has 1 aliphatic rings. The molecule has 1 aromatic heterocycles. The van der Waals surface area contributed by atoms with Gasteiger partial charge in [0, 0.05) is 13.1 Å². The van der Waals surface area contributed by atoms with Gasteiger partial charge in [0.1, 0.15) is 0 Å². The van der Waals surface area contributed by atoms with Gasteiger partial charge in [0.2, 0.25) is 0 Å². The molecular formula is C13H16N4O2. The summed E-state index contributed by atoms with van der Waals surface area (Å²) >= 11 is 0. The Balaban J connectivity index is 2.12. The van der Waals surface area contributed by atoms with Crippen LogP contribution in [0.2, 0.25) is 0 Å². The van der Waals surface area contributed by atoms with Crippen LogP contribution in [0.1, 0.15) is 19.3 Å². The number of anilines is 1. The third kappa shape index (κ3) is 2.09. The summed E-state index contributed by atoms with van der Waals surface area (Å²) in [6.45, 7) is 1.93. The summed E-state index contributed by atoms with van der Waals surface area (Å²) in [4.78, 5) is 25.7. The zero-order valence-electron chi connectivity index (χ0n) is 10.6. The van der Waals surface area contributed by atoms with Gasteiger partial charge >= 0.3 is 11.4 Å². The van der Waals surface area contributed by atoms with Gasteiger partial charge in [-0.25, -0.2) is 24.4 Å². The third-order valence-corrected chi connectivity index (χ3v) is 3.50. The summed E-state index contributed by atoms with van der Waals surface area (Å²) in [5, 5.41) is 4.63. The molecule has 2 aromatic rings. The van der Waals surface area contributed by atoms with Gasteiger partial charge in [-0.05, 0) is 31.4 Å². The average Bonchev–Trinajstić information content (AvgIpc) is 2.79. The van der Waals surface area contributed by atoms with Crippen molar-refractivity contribution in [3.05, 3.63) is 45.2 Å². The van der Waals surface area contributed by atoms with Crippen LogP contribution in [0.4, 0.5) is 5.69 Å². The Kier molecular flexibility index (Phi) is 2.98. The van der Waals surface area contributed by atoms with E-state index < -0.39 is 11.4 Å². The first-order valence-corrected chi connectivity index (χ1v) is 6.51. The standard InChI is InChI=1S/C13H16N4O2/c18-12-14-15-13(19)17(12)11-7-3-2-6-10(11)16-8-4-1-5-9-16/h2-3,6-7H,1,4-5,8-9H2,(H,14,18)(H,15,19). The molecule has 1 fully saturated rings. The Morgan fingerprint density at radius 1 is 0.842 bits per heavy atom. The van der Waals surface area contributed by atoms with Crippen molar-refractivity contribution >= 4 is 5.69 Å². The fourth-order valence-corrected chi connectivity index (χ4v) is 2.59. The van der Waals surface area contributed by atoms with E-state index in [-0.39, 0.29) is 0 Å². The van der Waals surface area contributed by atoms with Crippen molar-refractivity contribution < 1.29 is 0 Å². The molecule has 6 nitrogen and oxygen atoms in total. The fraction of sp³-hybridized carbons (Fsp3) is 0.385. The Hall–Kier alpha value is -2.24. The minimum absolute atomic E-state index is 0.436. The molecule has 0 unspecified atom stereocenters. The lowest BCUT2D eigenvalue weighted by Crippen LogP contribution is -2.32. The Morgan fingerprint density at radius 2 is 1.42 bits per heavy atom. The molecular weight excluding hydrogens is 244 g/mol. The number of nitrogens with one attached hydrogen (secondary N) is 2. The van der Waals surface area contributed by atoms with Crippen LogP contribution in [0.3, 0.4) is 0 Å². The molecule has 100 valence electrons. The first-order chi connectivity index (χ1) is 9.27. The minimum Gasteiger partial charge on any atom is -0.370 e. The van der Waals surface area contributed by atoms with Gasteiger partial charge < -0.3 is 4.90 Å². The van der Waals surface area contributed by atoms with Gasteiger partial charge in [0.15, 0.2) is 0 Å². The summed E-state index contributed by atoms with van der Waals surface area (Å²) in [7, 11) is 0. The zero-order chi connectivity index (χ0) is 13.2. The van der Waals surface area contributed by atoms with E-state index >= 15 is 0 Å². The van der Waals surface area contributed by atoms with Crippen LogP contribution in [0.5, 0.6) is 0 Å². The lowest BCUT2D eigenvalue weighted by Gasteiger charge is -2.30. The highest BCUT2D eigenvalue weighted by atomic mass is 16.2. The predicted molar refractivity (Wildman–Crippen MR) is 73.1 cm³/mol. The predicted octanol–water partition coefficient (Wildman–Crippen LogP) is 0.844. The monoisotopic (exact) mass is 260 g/mol. The van der Waals surface area contributed by atoms with E-state index in [1.165, 1.54) is 6.42 Å². The number of benzene rings is 1. The molecule has 1 saturated heterocycles. The molecule has 0 saturated carbocycles. The van der Waals surface area contributed by atoms with Gasteiger partial charge in [-0.2, -0.15) is 0 Å². The van der Waals surface area contributed by atoms with Crippen molar-refractivity contribution in [2.75, 3.05) is 18.0 Å². The van der Waals surface area contributed by atoms with Crippen LogP contribution < -0.4 is 16.3 Å². The quantitative estimate of drug-likeness (QED) is 0.840. The number of aromatic nitrogens is 3. The van der Waals surface area contributed by atoms with Crippen LogP contribution in [0, 0.1) is 0 Å². The van der Waals surface area contributed by atoms with Crippen LogP contribution in [0.25, 0.3) is 5.69 Å². The first-order valence-electron chi connectivity index (χ1n) is 6.51. The topological polar surface area (TPSA) is 73.9 Å². The number of hydrogen-bond donors (Lipinski definition) is 2. The number of rotatable bonds is 2. The molecule has 19 heavy (non-hydrogen) atoms. The maximum absolute atomic E-state index is 11.7. The van der Waals surface area contributed by atoms with E-state index in [9.17, 15) is 9.59 Å². The summed E-state index contributed by atoms with van der Waals surface area (Å²) in [6.07, 6.45) is 3.53. The Bertz CT molecular complexity index is 649. The second kappa shape index (κ2) is 4.79. The zero-order valence-corrected chi connectivity index (χ0v) is 10.6. The van der Waals surface area contributed by atoms with E-state index in [0.29, 0.717) is 5.69 Å². The summed E-state index contributed by atoms with van der Waals surface area (Å²) in [5.74, 6) is 0. The van der Waals surface area contributed by atoms with Crippen LogP contribution in [0.15, 0.2) is 33.9 Å². The molecule has 2 heterocycles. The smallest absolute Gasteiger partial charge is 0.349 e. The van der Waals surface area contributed by atoms with Crippen molar-refractivity contribution in [2.24, 2.45) is 0 Å². The summed E-state index contributed by atoms with van der Waals surface area (Å²) in [6, 6.07) is 7.52. The maximum Gasteiger partial charge on any atom is 0.349 e. The van der Waals surface area contributed by atoms with E-state index in [2.05, 4.69) is 15.1 Å². The number of H-pyrrole nitrogens is 2. The van der Waals surface area contributed by atoms with Gasteiger partial charge in [-0.3, -0.25) is 0 Å². The molecule has 0 bridgehead atoms. The van der Waals surface area contributed by atoms with Gasteiger partial charge in [0.25, 0.3) is 0 Å². The molecule has 0 aliphatic carbocycles. The maximum atomic E-state index is 11.7. The van der Waals surface area contributed by atoms with Crippen molar-refractivity contribution in [3.8, 4) is 5.69 Å². The van der Waals surface area contributed by atoms with Crippen molar-refractivity contribution in [2.45, 2.75) is 19.3 Å². The lowest BCUT2D eigenvalue weighted by atomic mass is 10.1. The van der Waals surface area contributed by atoms with E-state index in [1.54, 1.807) is 6.07 Å². The van der Waals surface area contributed by atoms with E-state index in [0.717, 1.165) is 36.2 Å². The SMILES string of the molecule is O=c1[nH][nH]c(=O)n1-c1ccccc1N1CCCCC1. The van der Waals surface area contributed by atoms with Crippen LogP contribution in [-0.2, 0) is 0 Å². The lowest BCUT2D eigenvalue weighted by molar-refractivity contribution is 0.577. The van der Waals surface area contributed by atoms with Gasteiger partial charge in [-0.1, -0.05) is 12.1 Å². The molecule has 3 rings (SSSR count). The third-order valence-electron chi connectivity index (χ3n) is 3.50. The molecule has 1 aliphatic heterocycles. The van der Waals surface area contributed by atoms with Crippen LogP contribution >= 0.6 is 0 Å². The molecule has 0 spiro atoms. The Labute approximate surface area is 109 Å². The highest BCUT2D eigenvalue weighted by molar-refractivity contribution is 5.62. The first kappa shape index (κ1) is 11.8. The van der Waals surface area contributed by atoms with Gasteiger partial charge in [0.05, 0.1) is 11.4 Å². The van der Waals surface area contributed by atoms with Crippen molar-refractivity contribution in [1.29, 1.82) is 0 Å². The molecule has 2 N–H and O–H groups in total. The Morgan fingerprint density at radius 3 is 2.05 bits per heavy atom. The number of para-hydroxylation sites is 2.